The summed E-state index contributed by atoms with van der Waals surface area (Å²) in [6.07, 6.45) is 2.18. The summed E-state index contributed by atoms with van der Waals surface area (Å²) in [5, 5.41) is 5.96. The molecule has 1 aliphatic heterocycles. The Morgan fingerprint density at radius 2 is 1.81 bits per heavy atom. The van der Waals surface area contributed by atoms with Crippen LogP contribution in [0.4, 0.5) is 0 Å². The maximum absolute atomic E-state index is 6.62. The number of hydrogen-bond acceptors (Lipinski definition) is 2. The zero-order chi connectivity index (χ0) is 19.1. The van der Waals surface area contributed by atoms with Gasteiger partial charge in [0.05, 0.1) is 10.9 Å². The van der Waals surface area contributed by atoms with Crippen LogP contribution in [0.15, 0.2) is 35.8 Å². The van der Waals surface area contributed by atoms with E-state index in [1.54, 1.807) is 0 Å². The normalized spacial score (nSPS) is 13.1. The molecule has 0 spiro atoms. The van der Waals surface area contributed by atoms with Gasteiger partial charge in [0.2, 0.25) is 5.69 Å². The van der Waals surface area contributed by atoms with Gasteiger partial charge in [-0.05, 0) is 64.7 Å². The van der Waals surface area contributed by atoms with E-state index >= 15 is 0 Å². The lowest BCUT2D eigenvalue weighted by molar-refractivity contribution is -0.659. The molecule has 2 aromatic heterocycles. The molecule has 0 aliphatic carbocycles. The Bertz CT molecular complexity index is 1260. The van der Waals surface area contributed by atoms with Gasteiger partial charge >= 0.3 is 0 Å². The topological polar surface area (TPSA) is 13.1 Å². The van der Waals surface area contributed by atoms with E-state index in [4.69, 9.17) is 4.74 Å². The SMILES string of the molecule is Cc1c2c(c(C)c3sccc13)-c1c3c(cc(C(C)(C)C)cc3cc[n+]1C)O2. The highest BCUT2D eigenvalue weighted by Gasteiger charge is 2.33. The number of nitrogens with zero attached hydrogens (tertiary/aromatic N) is 1. The van der Waals surface area contributed by atoms with E-state index in [9.17, 15) is 0 Å². The van der Waals surface area contributed by atoms with E-state index in [2.05, 4.69) is 82.1 Å². The minimum Gasteiger partial charge on any atom is -0.455 e. The summed E-state index contributed by atoms with van der Waals surface area (Å²) < 4.78 is 10.2. The van der Waals surface area contributed by atoms with Crippen LogP contribution < -0.4 is 9.30 Å². The highest BCUT2D eigenvalue weighted by molar-refractivity contribution is 7.17. The first-order valence-corrected chi connectivity index (χ1v) is 10.3. The number of hydrogen-bond donors (Lipinski definition) is 0. The largest absolute Gasteiger partial charge is 0.455 e. The zero-order valence-electron chi connectivity index (χ0n) is 16.7. The lowest BCUT2D eigenvalue weighted by Crippen LogP contribution is -2.32. The number of aryl methyl sites for hydroxylation is 3. The molecule has 1 aliphatic rings. The fourth-order valence-electron chi connectivity index (χ4n) is 4.29. The Balaban J connectivity index is 1.97. The van der Waals surface area contributed by atoms with Crippen molar-refractivity contribution in [3.05, 3.63) is 52.5 Å². The minimum absolute atomic E-state index is 0.0782. The molecule has 0 bridgehead atoms. The van der Waals surface area contributed by atoms with Crippen molar-refractivity contribution in [1.82, 2.24) is 0 Å². The molecule has 136 valence electrons. The van der Waals surface area contributed by atoms with Crippen LogP contribution in [0.3, 0.4) is 0 Å². The van der Waals surface area contributed by atoms with Gasteiger partial charge in [-0.3, -0.25) is 0 Å². The number of thiophene rings is 1. The molecule has 0 fully saturated rings. The van der Waals surface area contributed by atoms with Crippen LogP contribution >= 0.6 is 11.3 Å². The highest BCUT2D eigenvalue weighted by Crippen LogP contribution is 2.51. The van der Waals surface area contributed by atoms with E-state index in [0.29, 0.717) is 0 Å². The van der Waals surface area contributed by atoms with Crippen molar-refractivity contribution < 1.29 is 9.30 Å². The van der Waals surface area contributed by atoms with Crippen molar-refractivity contribution in [3.8, 4) is 22.8 Å². The van der Waals surface area contributed by atoms with Crippen LogP contribution in [0, 0.1) is 13.8 Å². The molecule has 3 heteroatoms. The Labute approximate surface area is 164 Å². The molecule has 0 unspecified atom stereocenters. The molecule has 5 rings (SSSR count). The zero-order valence-corrected chi connectivity index (χ0v) is 17.5. The fourth-order valence-corrected chi connectivity index (χ4v) is 5.26. The third-order valence-corrected chi connectivity index (χ3v) is 6.90. The van der Waals surface area contributed by atoms with Crippen LogP contribution in [-0.4, -0.2) is 0 Å². The van der Waals surface area contributed by atoms with E-state index in [0.717, 1.165) is 11.5 Å². The van der Waals surface area contributed by atoms with E-state index in [1.165, 1.54) is 48.8 Å². The summed E-state index contributed by atoms with van der Waals surface area (Å²) in [5.41, 5.74) is 6.44. The monoisotopic (exact) mass is 374 g/mol. The summed E-state index contributed by atoms with van der Waals surface area (Å²) in [6.45, 7) is 11.2. The van der Waals surface area contributed by atoms with Gasteiger partial charge in [-0.15, -0.1) is 11.3 Å². The lowest BCUT2D eigenvalue weighted by Gasteiger charge is -2.26. The summed E-state index contributed by atoms with van der Waals surface area (Å²) >= 11 is 1.82. The van der Waals surface area contributed by atoms with Gasteiger partial charge in [0.25, 0.3) is 0 Å². The van der Waals surface area contributed by atoms with Crippen LogP contribution in [0.1, 0.15) is 37.5 Å². The second-order valence-corrected chi connectivity index (χ2v) is 9.60. The van der Waals surface area contributed by atoms with Gasteiger partial charge in [0, 0.05) is 16.3 Å². The van der Waals surface area contributed by atoms with E-state index < -0.39 is 0 Å². The number of rotatable bonds is 0. The van der Waals surface area contributed by atoms with Gasteiger partial charge in [0.15, 0.2) is 6.20 Å². The number of aromatic nitrogens is 1. The summed E-state index contributed by atoms with van der Waals surface area (Å²) in [5.74, 6) is 1.99. The van der Waals surface area contributed by atoms with Crippen molar-refractivity contribution in [3.63, 3.8) is 0 Å². The predicted molar refractivity (Wildman–Crippen MR) is 114 cm³/mol. The molecule has 0 amide bonds. The van der Waals surface area contributed by atoms with Gasteiger partial charge in [-0.25, -0.2) is 4.57 Å². The molecule has 2 nitrogen and oxygen atoms in total. The Kier molecular flexibility index (Phi) is 3.31. The second kappa shape index (κ2) is 5.32. The van der Waals surface area contributed by atoms with Crippen LogP contribution in [0.25, 0.3) is 32.1 Å². The molecule has 3 heterocycles. The number of pyridine rings is 1. The van der Waals surface area contributed by atoms with E-state index in [1.807, 2.05) is 11.3 Å². The van der Waals surface area contributed by atoms with Crippen molar-refractivity contribution in [2.24, 2.45) is 7.05 Å². The quantitative estimate of drug-likeness (QED) is 0.280. The van der Waals surface area contributed by atoms with Gasteiger partial charge in [-0.2, -0.15) is 0 Å². The minimum atomic E-state index is 0.0782. The first-order valence-electron chi connectivity index (χ1n) is 9.43. The summed E-state index contributed by atoms with van der Waals surface area (Å²) in [7, 11) is 2.14. The van der Waals surface area contributed by atoms with Crippen LogP contribution in [0.5, 0.6) is 11.5 Å². The number of ether oxygens (including phenoxy) is 1. The Morgan fingerprint density at radius 3 is 2.56 bits per heavy atom. The average molecular weight is 375 g/mol. The Morgan fingerprint density at radius 1 is 1.04 bits per heavy atom. The van der Waals surface area contributed by atoms with Gasteiger partial charge in [0.1, 0.15) is 18.5 Å². The third kappa shape index (κ3) is 2.21. The maximum Gasteiger partial charge on any atom is 0.228 e. The number of fused-ring (bicyclic) bond motifs is 3. The summed E-state index contributed by atoms with van der Waals surface area (Å²) in [4.78, 5) is 0. The smallest absolute Gasteiger partial charge is 0.228 e. The van der Waals surface area contributed by atoms with Crippen molar-refractivity contribution in [2.75, 3.05) is 0 Å². The molecule has 0 saturated carbocycles. The first kappa shape index (κ1) is 16.8. The molecular weight excluding hydrogens is 350 g/mol. The lowest BCUT2D eigenvalue weighted by atomic mass is 9.84. The predicted octanol–water partition coefficient (Wildman–Crippen LogP) is 6.57. The van der Waals surface area contributed by atoms with Gasteiger partial charge in [-0.1, -0.05) is 20.8 Å². The molecule has 0 N–H and O–H groups in total. The van der Waals surface area contributed by atoms with E-state index in [-0.39, 0.29) is 5.41 Å². The number of benzene rings is 2. The molecular formula is C24H24NOS+. The highest BCUT2D eigenvalue weighted by atomic mass is 32.1. The first-order chi connectivity index (χ1) is 12.8. The van der Waals surface area contributed by atoms with Crippen molar-refractivity contribution >= 4 is 32.2 Å². The van der Waals surface area contributed by atoms with Crippen LogP contribution in [-0.2, 0) is 12.5 Å². The molecule has 0 saturated heterocycles. The average Bonchev–Trinajstić information content (AvgIpc) is 3.11. The molecule has 27 heavy (non-hydrogen) atoms. The van der Waals surface area contributed by atoms with Crippen molar-refractivity contribution in [2.45, 2.75) is 40.0 Å². The summed E-state index contributed by atoms with van der Waals surface area (Å²) in [6, 6.07) is 8.98. The van der Waals surface area contributed by atoms with Crippen LogP contribution in [0.2, 0.25) is 0 Å². The fraction of sp³-hybridized carbons (Fsp3) is 0.292. The van der Waals surface area contributed by atoms with Gasteiger partial charge < -0.3 is 4.74 Å². The molecule has 4 aromatic rings. The molecule has 0 radical (unpaired) electrons. The third-order valence-electron chi connectivity index (χ3n) is 5.87. The molecule has 0 atom stereocenters. The second-order valence-electron chi connectivity index (χ2n) is 8.68. The van der Waals surface area contributed by atoms with Crippen molar-refractivity contribution in [1.29, 1.82) is 0 Å². The standard InChI is InChI=1S/C24H24NOS/c1-13-17-8-10-27-23(17)14(2)19-21-20-15(7-9-25(21)6)11-16(24(3,4)5)12-18(20)26-22(13)19/h7-12H,1-6H3/q+1. The Hall–Kier alpha value is -2.39. The maximum atomic E-state index is 6.62. The molecule has 2 aromatic carbocycles.